The van der Waals surface area contributed by atoms with E-state index >= 15 is 0 Å². The number of aliphatic carboxylic acids is 1. The fourth-order valence-electron chi connectivity index (χ4n) is 5.82. The van der Waals surface area contributed by atoms with Crippen LogP contribution in [0.25, 0.3) is 42.4 Å². The van der Waals surface area contributed by atoms with Gasteiger partial charge in [0.25, 0.3) is 0 Å². The summed E-state index contributed by atoms with van der Waals surface area (Å²) in [5.74, 6) is 0.501. The molecule has 8 rings (SSSR count). The summed E-state index contributed by atoms with van der Waals surface area (Å²) in [6.07, 6.45) is 0. The Kier molecular flexibility index (Phi) is 14.8. The van der Waals surface area contributed by atoms with E-state index in [-0.39, 0.29) is 11.9 Å². The molecule has 0 aliphatic heterocycles. The number of carbonyl (C=O) groups excluding carboxylic acids is 1. The molecular weight excluding hydrogens is 857 g/mol. The van der Waals surface area contributed by atoms with Gasteiger partial charge in [-0.25, -0.2) is 0 Å². The molecule has 0 spiro atoms. The minimum Gasteiger partial charge on any atom is -0.508 e. The Morgan fingerprint density at radius 1 is 0.525 bits per heavy atom. The lowest BCUT2D eigenvalue weighted by Gasteiger charge is -2.13. The van der Waals surface area contributed by atoms with Crippen LogP contribution in [0.1, 0.15) is 36.8 Å². The van der Waals surface area contributed by atoms with Gasteiger partial charge in [0.2, 0.25) is 0 Å². The lowest BCUT2D eigenvalue weighted by Crippen LogP contribution is -2.16. The third-order valence-corrected chi connectivity index (χ3v) is 15.1. The minimum absolute atomic E-state index is 0.281. The Morgan fingerprint density at radius 2 is 0.932 bits per heavy atom. The molecule has 8 aromatic rings. The Bertz CT molecular complexity index is 2820. The van der Waals surface area contributed by atoms with Crippen LogP contribution in [0, 0.1) is 7.65 Å². The first kappa shape index (κ1) is 43.3. The quantitative estimate of drug-likeness (QED) is 0.0635. The van der Waals surface area contributed by atoms with Crippen molar-refractivity contribution < 1.29 is 34.0 Å². The minimum atomic E-state index is -0.808. The Labute approximate surface area is 366 Å². The molecule has 2 heterocycles. The van der Waals surface area contributed by atoms with Crippen LogP contribution >= 0.6 is 65.8 Å². The molecule has 2 N–H and O–H groups in total. The maximum absolute atomic E-state index is 12.7. The SMILES string of the molecule is COc1ccc2cc(C(C)C(=O)O)ccc2c1.COc1ccc2cc(C(C)C(=O)Oc3ccc(-c4cc(=S)ss4)cc3)ccc2c1.Oc1ccc(-c2cc(=S)ss2)cc1. The Balaban J connectivity index is 0.000000165. The molecule has 0 bridgehead atoms. The van der Waals surface area contributed by atoms with Crippen LogP contribution in [-0.2, 0) is 9.59 Å². The first-order valence-corrected chi connectivity index (χ1v) is 23.2. The summed E-state index contributed by atoms with van der Waals surface area (Å²) >= 11 is 10.2. The predicted octanol–water partition coefficient (Wildman–Crippen LogP) is 14.0. The predicted molar refractivity (Wildman–Crippen MR) is 250 cm³/mol. The van der Waals surface area contributed by atoms with Gasteiger partial charge in [-0.2, -0.15) is 0 Å². The average molecular weight is 895 g/mol. The molecule has 0 aliphatic carbocycles. The lowest BCUT2D eigenvalue weighted by atomic mass is 9.98. The number of ether oxygens (including phenoxy) is 3. The van der Waals surface area contributed by atoms with Crippen molar-refractivity contribution in [3.8, 4) is 43.9 Å². The molecule has 0 aliphatic rings. The second kappa shape index (κ2) is 20.1. The second-order valence-corrected chi connectivity index (χ2v) is 19.0. The second-order valence-electron chi connectivity index (χ2n) is 13.2. The number of fused-ring (bicyclic) bond motifs is 2. The molecule has 6 aromatic carbocycles. The fourth-order valence-corrected chi connectivity index (χ4v) is 10.6. The number of rotatable bonds is 9. The molecule has 13 heteroatoms. The summed E-state index contributed by atoms with van der Waals surface area (Å²) in [5.41, 5.74) is 3.91. The maximum atomic E-state index is 12.7. The van der Waals surface area contributed by atoms with Crippen LogP contribution in [-0.4, -0.2) is 36.4 Å². The number of hydrogen-bond acceptors (Lipinski definition) is 12. The summed E-state index contributed by atoms with van der Waals surface area (Å²) in [4.78, 5) is 25.9. The monoisotopic (exact) mass is 894 g/mol. The normalized spacial score (nSPS) is 11.7. The van der Waals surface area contributed by atoms with Crippen LogP contribution in [0.5, 0.6) is 23.0 Å². The number of phenols is 1. The number of carboxylic acids is 1. The summed E-state index contributed by atoms with van der Waals surface area (Å²) in [5, 5.41) is 22.3. The van der Waals surface area contributed by atoms with Crippen molar-refractivity contribution in [2.45, 2.75) is 25.7 Å². The van der Waals surface area contributed by atoms with Crippen molar-refractivity contribution in [2.24, 2.45) is 0 Å². The van der Waals surface area contributed by atoms with Gasteiger partial charge < -0.3 is 24.4 Å². The third kappa shape index (κ3) is 11.5. The van der Waals surface area contributed by atoms with E-state index in [4.69, 9.17) is 48.9 Å². The van der Waals surface area contributed by atoms with Gasteiger partial charge in [0.1, 0.15) is 30.6 Å². The van der Waals surface area contributed by atoms with Crippen LogP contribution in [0.3, 0.4) is 0 Å². The summed E-state index contributed by atoms with van der Waals surface area (Å²) in [6, 6.07) is 42.0. The molecule has 0 radical (unpaired) electrons. The maximum Gasteiger partial charge on any atom is 0.318 e. The molecular formula is C46H38O7S6. The number of aromatic hydroxyl groups is 1. The Hall–Kier alpha value is -5.28. The molecule has 0 saturated carbocycles. The number of carbonyl (C=O) groups is 2. The van der Waals surface area contributed by atoms with E-state index in [1.807, 2.05) is 128 Å². The van der Waals surface area contributed by atoms with Crippen LogP contribution in [0.4, 0.5) is 0 Å². The number of benzene rings is 6. The van der Waals surface area contributed by atoms with Gasteiger partial charge in [0, 0.05) is 9.75 Å². The van der Waals surface area contributed by atoms with Crippen LogP contribution < -0.4 is 14.2 Å². The topological polar surface area (TPSA) is 102 Å². The van der Waals surface area contributed by atoms with Gasteiger partial charge >= 0.3 is 11.9 Å². The smallest absolute Gasteiger partial charge is 0.318 e. The summed E-state index contributed by atoms with van der Waals surface area (Å²) in [6.45, 7) is 3.55. The van der Waals surface area contributed by atoms with Crippen molar-refractivity contribution in [3.05, 3.63) is 152 Å². The van der Waals surface area contributed by atoms with Crippen molar-refractivity contribution >= 4 is 99.3 Å². The largest absolute Gasteiger partial charge is 0.508 e. The van der Waals surface area contributed by atoms with E-state index in [2.05, 4.69) is 0 Å². The first-order valence-electron chi connectivity index (χ1n) is 18.1. The van der Waals surface area contributed by atoms with Crippen LogP contribution in [0.15, 0.2) is 133 Å². The van der Waals surface area contributed by atoms with Crippen molar-refractivity contribution in [1.29, 1.82) is 0 Å². The molecule has 2 unspecified atom stereocenters. The first-order chi connectivity index (χ1) is 28.4. The summed E-state index contributed by atoms with van der Waals surface area (Å²) in [7, 11) is 9.77. The zero-order chi connectivity index (χ0) is 42.1. The van der Waals surface area contributed by atoms with Gasteiger partial charge in [-0.1, -0.05) is 114 Å². The molecule has 0 saturated heterocycles. The molecule has 59 heavy (non-hydrogen) atoms. The number of methoxy groups -OCH3 is 2. The average Bonchev–Trinajstić information content (AvgIpc) is 3.91. The van der Waals surface area contributed by atoms with E-state index in [0.717, 1.165) is 72.7 Å². The van der Waals surface area contributed by atoms with Crippen LogP contribution in [0.2, 0.25) is 0 Å². The standard InChI is InChI=1S/C23H18O3S3.C14H14O3.C9H6OS3/c1-14(16-3-4-18-12-20(25-2)10-7-17(18)11-16)23(24)26-19-8-5-15(6-9-19)21-13-22(27)29-28-21;1-9(14(15)16)10-3-4-12-8-13(17-2)6-5-11(12)7-10;10-7-3-1-6(2-4-7)8-5-9(11)13-12-8/h3-14H,1-2H3;3-9H,1-2H3,(H,15,16);1-5,10H. The molecule has 2 aromatic heterocycles. The zero-order valence-corrected chi connectivity index (χ0v) is 37.1. The zero-order valence-electron chi connectivity index (χ0n) is 32.2. The highest BCUT2D eigenvalue weighted by Gasteiger charge is 2.18. The van der Waals surface area contributed by atoms with Gasteiger partial charge in [-0.3, -0.25) is 9.59 Å². The number of esters is 1. The molecule has 0 amide bonds. The van der Waals surface area contributed by atoms with Crippen molar-refractivity contribution in [2.75, 3.05) is 14.2 Å². The highest BCUT2D eigenvalue weighted by Crippen LogP contribution is 2.33. The molecule has 2 atom stereocenters. The van der Waals surface area contributed by atoms with Gasteiger partial charge in [-0.05, 0) is 143 Å². The fraction of sp³-hybridized carbons (Fsp3) is 0.130. The van der Waals surface area contributed by atoms with E-state index in [0.29, 0.717) is 11.5 Å². The lowest BCUT2D eigenvalue weighted by molar-refractivity contribution is -0.138. The molecule has 300 valence electrons. The van der Waals surface area contributed by atoms with E-state index in [1.165, 1.54) is 0 Å². The number of carboxylic acid groups (broad SMARTS) is 1. The highest BCUT2D eigenvalue weighted by atomic mass is 32.9. The van der Waals surface area contributed by atoms with Gasteiger partial charge in [0.15, 0.2) is 0 Å². The van der Waals surface area contributed by atoms with E-state index in [1.54, 1.807) is 74.6 Å². The summed E-state index contributed by atoms with van der Waals surface area (Å²) < 4.78 is 17.8. The Morgan fingerprint density at radius 3 is 1.36 bits per heavy atom. The van der Waals surface area contributed by atoms with Gasteiger partial charge in [-0.15, -0.1) is 0 Å². The van der Waals surface area contributed by atoms with E-state index in [9.17, 15) is 9.59 Å². The number of phenolic OH excluding ortho intramolecular Hbond substituents is 1. The molecule has 7 nitrogen and oxygen atoms in total. The number of hydrogen-bond donors (Lipinski definition) is 2. The third-order valence-electron chi connectivity index (χ3n) is 9.30. The molecule has 0 fully saturated rings. The van der Waals surface area contributed by atoms with Crippen molar-refractivity contribution in [3.63, 3.8) is 0 Å². The van der Waals surface area contributed by atoms with Gasteiger partial charge in [0.05, 0.1) is 26.1 Å². The van der Waals surface area contributed by atoms with E-state index < -0.39 is 11.9 Å². The highest BCUT2D eigenvalue weighted by molar-refractivity contribution is 7.80. The van der Waals surface area contributed by atoms with Crippen molar-refractivity contribution in [1.82, 2.24) is 0 Å².